The minimum absolute atomic E-state index is 0. The van der Waals surface area contributed by atoms with E-state index >= 15 is 0 Å². The predicted octanol–water partition coefficient (Wildman–Crippen LogP) is -2.25. The fourth-order valence-electron chi connectivity index (χ4n) is 7.84. The quantitative estimate of drug-likeness (QED) is 0.0363. The van der Waals surface area contributed by atoms with E-state index in [-0.39, 0.29) is 74.5 Å². The van der Waals surface area contributed by atoms with Crippen molar-refractivity contribution < 1.29 is 56.0 Å². The number of amides is 2. The Morgan fingerprint density at radius 2 is 1.20 bits per heavy atom. The van der Waals surface area contributed by atoms with Crippen LogP contribution in [0.25, 0.3) is 0 Å². The number of carbonyl (C=O) groups excluding carboxylic acids is 2. The SMILES string of the molecule is C#CCOCCOCCOCCNc1nc(N2CCN(C(=O)C(CCC(=O)O)n3cc(C(N)CC(C)C)nn3)CC2)nc(N2CCN(C(=O)C(CCC(=O)O)n3cc(C(N)C(C)CC)nn3)CC2)n1.[Cl-]. The van der Waals surface area contributed by atoms with Crippen molar-refractivity contribution in [2.75, 3.05) is 114 Å². The average molecular weight is 1000 g/mol. The molecule has 5 atom stereocenters. The highest BCUT2D eigenvalue weighted by Gasteiger charge is 2.34. The number of carboxylic acid groups (broad SMARTS) is 2. The number of ether oxygens (including phenoxy) is 3. The van der Waals surface area contributed by atoms with Crippen LogP contribution in [-0.4, -0.2) is 187 Å². The Balaban J connectivity index is 0.0000107. The number of rotatable bonds is 29. The van der Waals surface area contributed by atoms with Gasteiger partial charge >= 0.3 is 11.9 Å². The lowest BCUT2D eigenvalue weighted by Crippen LogP contribution is -3.00. The fourth-order valence-corrected chi connectivity index (χ4v) is 7.84. The number of aromatic nitrogens is 9. The molecular weight excluding hydrogens is 932 g/mol. The maximum atomic E-state index is 14.1. The Kier molecular flexibility index (Phi) is 23.4. The number of terminal acetylenes is 1. The molecule has 2 saturated heterocycles. The van der Waals surface area contributed by atoms with Gasteiger partial charge in [0.2, 0.25) is 29.7 Å². The molecule has 2 amide bonds. The average Bonchev–Trinajstić information content (AvgIpc) is 4.04. The molecule has 2 aliphatic heterocycles. The van der Waals surface area contributed by atoms with Crippen LogP contribution in [0, 0.1) is 24.2 Å². The summed E-state index contributed by atoms with van der Waals surface area (Å²) in [6.07, 6.45) is 9.54. The Morgan fingerprint density at radius 1 is 0.729 bits per heavy atom. The zero-order valence-corrected chi connectivity index (χ0v) is 41.4. The molecule has 388 valence electrons. The van der Waals surface area contributed by atoms with Crippen LogP contribution in [0.15, 0.2) is 12.4 Å². The van der Waals surface area contributed by atoms with Crippen molar-refractivity contribution in [3.63, 3.8) is 0 Å². The number of hydrogen-bond acceptors (Lipinski definition) is 19. The van der Waals surface area contributed by atoms with Gasteiger partial charge in [-0.25, -0.2) is 9.36 Å². The van der Waals surface area contributed by atoms with E-state index in [0.29, 0.717) is 134 Å². The van der Waals surface area contributed by atoms with Gasteiger partial charge in [0.1, 0.15) is 18.7 Å². The van der Waals surface area contributed by atoms with E-state index in [1.165, 1.54) is 9.36 Å². The lowest BCUT2D eigenvalue weighted by atomic mass is 9.98. The highest BCUT2D eigenvalue weighted by atomic mass is 35.5. The van der Waals surface area contributed by atoms with E-state index in [4.69, 9.17) is 47.1 Å². The Hall–Kier alpha value is -5.78. The third kappa shape index (κ3) is 17.0. The van der Waals surface area contributed by atoms with Crippen LogP contribution in [0.4, 0.5) is 17.8 Å². The van der Waals surface area contributed by atoms with Crippen LogP contribution in [0.2, 0.25) is 0 Å². The predicted molar refractivity (Wildman–Crippen MR) is 252 cm³/mol. The number of halogens is 1. The first-order valence-electron chi connectivity index (χ1n) is 23.7. The van der Waals surface area contributed by atoms with E-state index in [0.717, 1.165) is 6.42 Å². The molecule has 0 radical (unpaired) electrons. The molecule has 0 bridgehead atoms. The van der Waals surface area contributed by atoms with Crippen molar-refractivity contribution in [3.8, 4) is 12.3 Å². The normalized spacial score (nSPS) is 16.3. The van der Waals surface area contributed by atoms with E-state index in [2.05, 4.69) is 31.9 Å². The van der Waals surface area contributed by atoms with E-state index in [1.807, 2.05) is 37.5 Å². The van der Waals surface area contributed by atoms with Crippen LogP contribution >= 0.6 is 0 Å². The van der Waals surface area contributed by atoms with Crippen molar-refractivity contribution in [1.82, 2.24) is 54.7 Å². The molecule has 2 fully saturated rings. The van der Waals surface area contributed by atoms with Gasteiger partial charge in [0.25, 0.3) is 0 Å². The van der Waals surface area contributed by atoms with E-state index in [1.54, 1.807) is 22.2 Å². The van der Waals surface area contributed by atoms with E-state index < -0.39 is 24.0 Å². The minimum atomic E-state index is -1.03. The maximum absolute atomic E-state index is 14.1. The lowest BCUT2D eigenvalue weighted by molar-refractivity contribution is -0.140. The summed E-state index contributed by atoms with van der Waals surface area (Å²) in [5, 5.41) is 39.2. The molecule has 7 N–H and O–H groups in total. The molecule has 3 aromatic heterocycles. The standard InChI is InChI=1S/C44H70N16O9.ClH/c1-6-21-67-23-25-69-26-24-68-22-12-47-42-48-43(57-17-13-55(14-18-57)40(65)35(8-10-37(61)62)59-28-33(51-53-59)32(45)27-30(3)4)50-44(49-42)58-19-15-56(16-20-58)41(66)36(9-11-38(63)64)60-29-34(52-54-60)39(46)31(5)7-2;/h1,28-32,35-36,39H,7-27,45-46H2,2-5H3,(H,61,62)(H,63,64)(H,47,48,49,50);1H/p-1. The highest BCUT2D eigenvalue weighted by Crippen LogP contribution is 2.26. The summed E-state index contributed by atoms with van der Waals surface area (Å²) in [4.78, 5) is 73.1. The first-order chi connectivity index (χ1) is 33.2. The molecule has 0 aromatic carbocycles. The van der Waals surface area contributed by atoms with Gasteiger partial charge in [-0.1, -0.05) is 50.5 Å². The number of carbonyl (C=O) groups is 4. The number of nitrogens with one attached hydrogen (secondary N) is 1. The van der Waals surface area contributed by atoms with Crippen LogP contribution in [0.1, 0.15) is 102 Å². The number of carboxylic acids is 2. The number of nitrogens with zero attached hydrogens (tertiary/aromatic N) is 13. The summed E-state index contributed by atoms with van der Waals surface area (Å²) < 4.78 is 19.3. The second-order valence-corrected chi connectivity index (χ2v) is 17.6. The highest BCUT2D eigenvalue weighted by molar-refractivity contribution is 5.82. The Morgan fingerprint density at radius 3 is 1.67 bits per heavy atom. The Bertz CT molecular complexity index is 2140. The molecule has 70 heavy (non-hydrogen) atoms. The van der Waals surface area contributed by atoms with Gasteiger partial charge < -0.3 is 73.2 Å². The molecular formula is C44H70ClN16O9-. The van der Waals surface area contributed by atoms with Crippen molar-refractivity contribution in [2.45, 2.75) is 90.4 Å². The van der Waals surface area contributed by atoms with Gasteiger partial charge in [-0.2, -0.15) is 15.0 Å². The Labute approximate surface area is 414 Å². The number of aliphatic carboxylic acids is 2. The smallest absolute Gasteiger partial charge is 0.303 e. The lowest BCUT2D eigenvalue weighted by Gasteiger charge is -2.38. The third-order valence-corrected chi connectivity index (χ3v) is 12.1. The fraction of sp³-hybridized carbons (Fsp3) is 0.705. The monoisotopic (exact) mass is 1000 g/mol. The summed E-state index contributed by atoms with van der Waals surface area (Å²) in [6.45, 7) is 13.2. The van der Waals surface area contributed by atoms with Crippen LogP contribution < -0.4 is 39.0 Å². The first-order valence-corrected chi connectivity index (χ1v) is 23.7. The molecule has 3 aromatic rings. The summed E-state index contributed by atoms with van der Waals surface area (Å²) in [7, 11) is 0. The van der Waals surface area contributed by atoms with Crippen molar-refractivity contribution >= 4 is 41.6 Å². The molecule has 0 saturated carbocycles. The van der Waals surface area contributed by atoms with Crippen molar-refractivity contribution in [2.24, 2.45) is 23.3 Å². The third-order valence-electron chi connectivity index (χ3n) is 12.1. The molecule has 26 heteroatoms. The maximum Gasteiger partial charge on any atom is 0.303 e. The van der Waals surface area contributed by atoms with Crippen LogP contribution in [-0.2, 0) is 33.4 Å². The van der Waals surface area contributed by atoms with Gasteiger partial charge in [0.15, 0.2) is 0 Å². The largest absolute Gasteiger partial charge is 1.00 e. The summed E-state index contributed by atoms with van der Waals surface area (Å²) >= 11 is 0. The molecule has 25 nitrogen and oxygen atoms in total. The van der Waals surface area contributed by atoms with Crippen molar-refractivity contribution in [3.05, 3.63) is 23.8 Å². The van der Waals surface area contributed by atoms with Gasteiger partial charge in [-0.15, -0.1) is 16.6 Å². The first kappa shape index (κ1) is 56.8. The van der Waals surface area contributed by atoms with E-state index in [9.17, 15) is 29.4 Å². The topological polar surface area (TPSA) is 314 Å². The van der Waals surface area contributed by atoms with Gasteiger partial charge in [0.05, 0.1) is 68.9 Å². The van der Waals surface area contributed by atoms with Crippen LogP contribution in [0.3, 0.4) is 0 Å². The van der Waals surface area contributed by atoms with Crippen molar-refractivity contribution in [1.29, 1.82) is 0 Å². The molecule has 0 spiro atoms. The van der Waals surface area contributed by atoms with Gasteiger partial charge in [-0.3, -0.25) is 19.2 Å². The number of anilines is 3. The minimum Gasteiger partial charge on any atom is -1.00 e. The number of hydrogen-bond donors (Lipinski definition) is 5. The second-order valence-electron chi connectivity index (χ2n) is 17.6. The number of nitrogens with two attached hydrogens (primary N) is 2. The van der Waals surface area contributed by atoms with Gasteiger partial charge in [0, 0.05) is 71.7 Å². The summed E-state index contributed by atoms with van der Waals surface area (Å²) in [5.74, 6) is 1.30. The zero-order chi connectivity index (χ0) is 49.9. The molecule has 5 heterocycles. The molecule has 5 rings (SSSR count). The summed E-state index contributed by atoms with van der Waals surface area (Å²) in [5.41, 5.74) is 13.8. The zero-order valence-electron chi connectivity index (χ0n) is 40.6. The second kappa shape index (κ2) is 28.8. The molecule has 0 aliphatic carbocycles. The summed E-state index contributed by atoms with van der Waals surface area (Å²) in [6, 6.07) is -2.54. The van der Waals surface area contributed by atoms with Crippen LogP contribution in [0.5, 0.6) is 0 Å². The number of piperazine rings is 2. The molecule has 5 unspecified atom stereocenters. The molecule has 2 aliphatic rings. The van der Waals surface area contributed by atoms with Gasteiger partial charge in [-0.05, 0) is 31.1 Å².